The number of carbonyl (C=O) groups excluding carboxylic acids is 1. The molecule has 2 heterocycles. The number of amides is 1. The third kappa shape index (κ3) is 4.45. The number of likely N-dealkylation sites (tertiary alicyclic amines) is 1. The normalized spacial score (nSPS) is 20.6. The van der Waals surface area contributed by atoms with Crippen molar-refractivity contribution >= 4 is 17.4 Å². The average molecular weight is 310 g/mol. The van der Waals surface area contributed by atoms with Gasteiger partial charge in [-0.05, 0) is 62.0 Å². The van der Waals surface area contributed by atoms with Crippen LogP contribution in [-0.4, -0.2) is 36.2 Å². The molecule has 5 heteroatoms. The van der Waals surface area contributed by atoms with Crippen molar-refractivity contribution in [3.8, 4) is 0 Å². The van der Waals surface area contributed by atoms with Gasteiger partial charge in [0.15, 0.2) is 0 Å². The first-order valence-electron chi connectivity index (χ1n) is 7.64. The largest absolute Gasteiger partial charge is 0.444 e. The molecule has 2 rings (SSSR count). The van der Waals surface area contributed by atoms with Gasteiger partial charge in [0.25, 0.3) is 0 Å². The predicted octanol–water partition coefficient (Wildman–Crippen LogP) is 3.66. The van der Waals surface area contributed by atoms with Crippen molar-refractivity contribution in [3.05, 3.63) is 22.4 Å². The van der Waals surface area contributed by atoms with E-state index in [0.717, 1.165) is 26.1 Å². The Kier molecular flexibility index (Phi) is 5.27. The van der Waals surface area contributed by atoms with Gasteiger partial charge in [-0.1, -0.05) is 6.92 Å². The first-order chi connectivity index (χ1) is 9.90. The molecule has 118 valence electrons. The van der Waals surface area contributed by atoms with Crippen LogP contribution in [0.15, 0.2) is 16.8 Å². The van der Waals surface area contributed by atoms with Crippen molar-refractivity contribution < 1.29 is 9.53 Å². The monoisotopic (exact) mass is 310 g/mol. The van der Waals surface area contributed by atoms with Gasteiger partial charge in [0.05, 0.1) is 0 Å². The summed E-state index contributed by atoms with van der Waals surface area (Å²) in [5.74, 6) is 0.451. The van der Waals surface area contributed by atoms with Crippen molar-refractivity contribution in [3.63, 3.8) is 0 Å². The minimum atomic E-state index is -0.427. The fourth-order valence-electron chi connectivity index (χ4n) is 2.78. The average Bonchev–Trinajstić information content (AvgIpc) is 3.05. The van der Waals surface area contributed by atoms with Crippen LogP contribution in [0.2, 0.25) is 0 Å². The van der Waals surface area contributed by atoms with Crippen molar-refractivity contribution in [1.29, 1.82) is 0 Å². The summed E-state index contributed by atoms with van der Waals surface area (Å²) in [4.78, 5) is 14.0. The second-order valence-corrected chi connectivity index (χ2v) is 7.35. The highest BCUT2D eigenvalue weighted by Crippen LogP contribution is 2.31. The van der Waals surface area contributed by atoms with Crippen LogP contribution in [0.5, 0.6) is 0 Å². The number of thiophene rings is 1. The Morgan fingerprint density at radius 3 is 2.90 bits per heavy atom. The zero-order valence-corrected chi connectivity index (χ0v) is 14.2. The Bertz CT molecular complexity index is 453. The molecule has 1 fully saturated rings. The van der Waals surface area contributed by atoms with E-state index in [9.17, 15) is 4.79 Å². The summed E-state index contributed by atoms with van der Waals surface area (Å²) < 4.78 is 5.47. The van der Waals surface area contributed by atoms with Crippen LogP contribution in [0.25, 0.3) is 0 Å². The molecule has 0 saturated carbocycles. The molecule has 1 amide bonds. The van der Waals surface area contributed by atoms with E-state index in [1.54, 1.807) is 11.3 Å². The van der Waals surface area contributed by atoms with Gasteiger partial charge in [-0.25, -0.2) is 4.79 Å². The number of hydrogen-bond acceptors (Lipinski definition) is 4. The van der Waals surface area contributed by atoms with Gasteiger partial charge in [-0.3, -0.25) is 0 Å². The SMILES string of the molecule is CCNC(c1ccsc1)C1CCN(C(=O)OC(C)(C)C)C1. The zero-order valence-electron chi connectivity index (χ0n) is 13.4. The van der Waals surface area contributed by atoms with E-state index in [-0.39, 0.29) is 6.09 Å². The third-order valence-electron chi connectivity index (χ3n) is 3.67. The van der Waals surface area contributed by atoms with E-state index in [1.165, 1.54) is 5.56 Å². The molecule has 21 heavy (non-hydrogen) atoms. The molecule has 1 aromatic heterocycles. The molecule has 0 radical (unpaired) electrons. The van der Waals surface area contributed by atoms with Gasteiger partial charge >= 0.3 is 6.09 Å². The molecule has 0 aromatic carbocycles. The molecule has 0 aliphatic carbocycles. The molecule has 2 atom stereocenters. The van der Waals surface area contributed by atoms with Crippen LogP contribution < -0.4 is 5.32 Å². The van der Waals surface area contributed by atoms with Crippen LogP contribution in [0, 0.1) is 5.92 Å². The molecule has 1 aliphatic rings. The van der Waals surface area contributed by atoms with E-state index in [1.807, 2.05) is 25.7 Å². The Balaban J connectivity index is 1.98. The fourth-order valence-corrected chi connectivity index (χ4v) is 3.48. The molecule has 4 nitrogen and oxygen atoms in total. The van der Waals surface area contributed by atoms with Crippen molar-refractivity contribution in [2.75, 3.05) is 19.6 Å². The quantitative estimate of drug-likeness (QED) is 0.923. The number of rotatable bonds is 4. The van der Waals surface area contributed by atoms with E-state index in [0.29, 0.717) is 12.0 Å². The Hall–Kier alpha value is -1.07. The molecule has 0 bridgehead atoms. The lowest BCUT2D eigenvalue weighted by molar-refractivity contribution is 0.0285. The summed E-state index contributed by atoms with van der Waals surface area (Å²) in [5.41, 5.74) is 0.904. The standard InChI is InChI=1S/C16H26N2O2S/c1-5-17-14(13-7-9-21-11-13)12-6-8-18(10-12)15(19)20-16(2,3)4/h7,9,11-12,14,17H,5-6,8,10H2,1-4H3. The van der Waals surface area contributed by atoms with Gasteiger partial charge in [-0.15, -0.1) is 0 Å². The lowest BCUT2D eigenvalue weighted by atomic mass is 9.94. The Labute approximate surface area is 131 Å². The summed E-state index contributed by atoms with van der Waals surface area (Å²) in [6, 6.07) is 2.50. The summed E-state index contributed by atoms with van der Waals surface area (Å²) in [6.07, 6.45) is 0.831. The lowest BCUT2D eigenvalue weighted by Gasteiger charge is -2.26. The van der Waals surface area contributed by atoms with Gasteiger partial charge in [0.2, 0.25) is 0 Å². The van der Waals surface area contributed by atoms with Crippen LogP contribution in [-0.2, 0) is 4.74 Å². The molecule has 1 aromatic rings. The van der Waals surface area contributed by atoms with Gasteiger partial charge in [-0.2, -0.15) is 11.3 Å². The molecule has 1 N–H and O–H groups in total. The second kappa shape index (κ2) is 6.79. The molecular formula is C16H26N2O2S. The summed E-state index contributed by atoms with van der Waals surface area (Å²) in [5, 5.41) is 7.87. The maximum Gasteiger partial charge on any atom is 0.410 e. The predicted molar refractivity (Wildman–Crippen MR) is 86.7 cm³/mol. The topological polar surface area (TPSA) is 41.6 Å². The van der Waals surface area contributed by atoms with Crippen LogP contribution >= 0.6 is 11.3 Å². The lowest BCUT2D eigenvalue weighted by Crippen LogP contribution is -2.36. The van der Waals surface area contributed by atoms with Crippen molar-refractivity contribution in [2.45, 2.75) is 45.8 Å². The number of carbonyl (C=O) groups is 1. The van der Waals surface area contributed by atoms with Gasteiger partial charge in [0.1, 0.15) is 5.60 Å². The summed E-state index contributed by atoms with van der Waals surface area (Å²) in [7, 11) is 0. The smallest absolute Gasteiger partial charge is 0.410 e. The van der Waals surface area contributed by atoms with E-state index < -0.39 is 5.60 Å². The van der Waals surface area contributed by atoms with Gasteiger partial charge < -0.3 is 15.0 Å². The highest BCUT2D eigenvalue weighted by atomic mass is 32.1. The van der Waals surface area contributed by atoms with E-state index in [4.69, 9.17) is 4.74 Å². The summed E-state index contributed by atoms with van der Waals surface area (Å²) >= 11 is 1.72. The first kappa shape index (κ1) is 16.3. The first-order valence-corrected chi connectivity index (χ1v) is 8.58. The number of nitrogens with one attached hydrogen (secondary N) is 1. The molecule has 2 unspecified atom stereocenters. The zero-order chi connectivity index (χ0) is 15.5. The molecule has 0 spiro atoms. The third-order valence-corrected chi connectivity index (χ3v) is 4.38. The second-order valence-electron chi connectivity index (χ2n) is 6.57. The molecule has 1 saturated heterocycles. The van der Waals surface area contributed by atoms with Crippen LogP contribution in [0.3, 0.4) is 0 Å². The van der Waals surface area contributed by atoms with Gasteiger partial charge in [0, 0.05) is 19.1 Å². The fraction of sp³-hybridized carbons (Fsp3) is 0.688. The van der Waals surface area contributed by atoms with Crippen LogP contribution in [0.1, 0.15) is 45.7 Å². The number of nitrogens with zero attached hydrogens (tertiary/aromatic N) is 1. The minimum Gasteiger partial charge on any atom is -0.444 e. The Morgan fingerprint density at radius 1 is 1.57 bits per heavy atom. The van der Waals surface area contributed by atoms with E-state index >= 15 is 0 Å². The highest BCUT2D eigenvalue weighted by molar-refractivity contribution is 7.07. The maximum absolute atomic E-state index is 12.2. The minimum absolute atomic E-state index is 0.189. The molecular weight excluding hydrogens is 284 g/mol. The maximum atomic E-state index is 12.2. The van der Waals surface area contributed by atoms with Crippen molar-refractivity contribution in [1.82, 2.24) is 10.2 Å². The number of hydrogen-bond donors (Lipinski definition) is 1. The Morgan fingerprint density at radius 2 is 2.33 bits per heavy atom. The summed E-state index contributed by atoms with van der Waals surface area (Å²) in [6.45, 7) is 10.3. The highest BCUT2D eigenvalue weighted by Gasteiger charge is 2.34. The van der Waals surface area contributed by atoms with Crippen molar-refractivity contribution in [2.24, 2.45) is 5.92 Å². The van der Waals surface area contributed by atoms with Crippen LogP contribution in [0.4, 0.5) is 4.79 Å². The van der Waals surface area contributed by atoms with E-state index in [2.05, 4.69) is 29.1 Å². The number of ether oxygens (including phenoxy) is 1. The molecule has 1 aliphatic heterocycles.